The van der Waals surface area contributed by atoms with Gasteiger partial charge in [-0.3, -0.25) is 0 Å². The molecule has 0 bridgehead atoms. The van der Waals surface area contributed by atoms with Crippen LogP contribution in [0, 0.1) is 5.82 Å². The Kier molecular flexibility index (Phi) is 2.44. The summed E-state index contributed by atoms with van der Waals surface area (Å²) >= 11 is 0. The summed E-state index contributed by atoms with van der Waals surface area (Å²) in [5.41, 5.74) is 7.11. The molecule has 1 fully saturated rings. The first-order valence-electron chi connectivity index (χ1n) is 6.16. The summed E-state index contributed by atoms with van der Waals surface area (Å²) in [4.78, 5) is 0. The van der Waals surface area contributed by atoms with Crippen LogP contribution >= 0.6 is 0 Å². The fraction of sp³-hybridized carbons (Fsp3) is 0.429. The summed E-state index contributed by atoms with van der Waals surface area (Å²) in [6.45, 7) is 0. The van der Waals surface area contributed by atoms with Gasteiger partial charge < -0.3 is 10.2 Å². The second-order valence-corrected chi connectivity index (χ2v) is 4.98. The van der Waals surface area contributed by atoms with Crippen LogP contribution in [0.4, 0.5) is 4.39 Å². The molecule has 90 valence electrons. The maximum absolute atomic E-state index is 14.4. The first-order valence-corrected chi connectivity index (χ1v) is 6.16. The van der Waals surface area contributed by atoms with Gasteiger partial charge in [0.1, 0.15) is 11.4 Å². The molecule has 0 amide bonds. The molecular formula is C14H16FNO. The Balaban J connectivity index is 2.12. The van der Waals surface area contributed by atoms with E-state index in [0.717, 1.165) is 25.7 Å². The Hall–Kier alpha value is -1.35. The highest BCUT2D eigenvalue weighted by molar-refractivity contribution is 5.79. The summed E-state index contributed by atoms with van der Waals surface area (Å²) in [7, 11) is 0. The zero-order chi connectivity index (χ0) is 11.9. The summed E-state index contributed by atoms with van der Waals surface area (Å²) in [6.07, 6.45) is 6.62. The molecule has 2 aromatic rings. The predicted molar refractivity (Wildman–Crippen MR) is 65.1 cm³/mol. The molecule has 3 rings (SSSR count). The number of fused-ring (bicyclic) bond motifs is 1. The summed E-state index contributed by atoms with van der Waals surface area (Å²) in [5, 5.41) is 0.540. The van der Waals surface area contributed by atoms with Crippen molar-refractivity contribution in [2.24, 2.45) is 5.73 Å². The lowest BCUT2D eigenvalue weighted by Crippen LogP contribution is -2.39. The number of furan rings is 1. The molecule has 0 radical (unpaired) electrons. The van der Waals surface area contributed by atoms with Crippen molar-refractivity contribution in [3.05, 3.63) is 35.8 Å². The van der Waals surface area contributed by atoms with Crippen LogP contribution in [0.25, 0.3) is 11.0 Å². The lowest BCUT2D eigenvalue weighted by molar-refractivity contribution is 0.294. The van der Waals surface area contributed by atoms with Gasteiger partial charge in [-0.25, -0.2) is 4.39 Å². The molecule has 17 heavy (non-hydrogen) atoms. The van der Waals surface area contributed by atoms with Crippen LogP contribution in [0.5, 0.6) is 0 Å². The van der Waals surface area contributed by atoms with Crippen molar-refractivity contribution >= 4 is 11.0 Å². The van der Waals surface area contributed by atoms with Crippen molar-refractivity contribution in [3.8, 4) is 0 Å². The Morgan fingerprint density at radius 1 is 1.12 bits per heavy atom. The zero-order valence-corrected chi connectivity index (χ0v) is 9.71. The van der Waals surface area contributed by atoms with Gasteiger partial charge in [-0.1, -0.05) is 25.3 Å². The highest BCUT2D eigenvalue weighted by Gasteiger charge is 2.32. The molecule has 0 saturated heterocycles. The van der Waals surface area contributed by atoms with Gasteiger partial charge in [-0.15, -0.1) is 0 Å². The van der Waals surface area contributed by atoms with Gasteiger partial charge in [0.25, 0.3) is 0 Å². The first-order chi connectivity index (χ1) is 8.21. The van der Waals surface area contributed by atoms with Crippen LogP contribution in [0.1, 0.15) is 37.7 Å². The van der Waals surface area contributed by atoms with Crippen molar-refractivity contribution in [1.82, 2.24) is 0 Å². The van der Waals surface area contributed by atoms with E-state index in [1.807, 2.05) is 6.07 Å². The predicted octanol–water partition coefficient (Wildman–Crippen LogP) is 3.69. The molecule has 3 heteroatoms. The maximum Gasteiger partial charge on any atom is 0.139 e. The highest BCUT2D eigenvalue weighted by Crippen LogP contribution is 2.37. The fourth-order valence-corrected chi connectivity index (χ4v) is 2.85. The first kappa shape index (κ1) is 10.8. The molecular weight excluding hydrogens is 217 g/mol. The third kappa shape index (κ3) is 1.65. The molecule has 1 saturated carbocycles. The van der Waals surface area contributed by atoms with E-state index in [9.17, 15) is 4.39 Å². The van der Waals surface area contributed by atoms with Gasteiger partial charge in [0.15, 0.2) is 0 Å². The van der Waals surface area contributed by atoms with Crippen LogP contribution in [0.2, 0.25) is 0 Å². The third-order valence-corrected chi connectivity index (χ3v) is 3.85. The minimum Gasteiger partial charge on any atom is -0.464 e. The van der Waals surface area contributed by atoms with Gasteiger partial charge in [-0.2, -0.15) is 0 Å². The summed E-state index contributed by atoms with van der Waals surface area (Å²) < 4.78 is 19.6. The van der Waals surface area contributed by atoms with E-state index in [-0.39, 0.29) is 5.82 Å². The van der Waals surface area contributed by atoms with E-state index in [1.54, 1.807) is 12.1 Å². The minimum atomic E-state index is -0.492. The quantitative estimate of drug-likeness (QED) is 0.815. The van der Waals surface area contributed by atoms with Crippen molar-refractivity contribution in [1.29, 1.82) is 0 Å². The number of halogens is 1. The van der Waals surface area contributed by atoms with Crippen molar-refractivity contribution in [2.75, 3.05) is 0 Å². The van der Waals surface area contributed by atoms with Crippen LogP contribution < -0.4 is 5.73 Å². The highest BCUT2D eigenvalue weighted by atomic mass is 19.1. The zero-order valence-electron chi connectivity index (χ0n) is 9.71. The molecule has 2 nitrogen and oxygen atoms in total. The van der Waals surface area contributed by atoms with Crippen LogP contribution in [0.3, 0.4) is 0 Å². The standard InChI is InChI=1S/C14H16FNO/c15-13-10-6-9-17-12(10)5-4-11(13)14(16)7-2-1-3-8-14/h4-6,9H,1-3,7-8,16H2. The van der Waals surface area contributed by atoms with E-state index in [2.05, 4.69) is 0 Å². The van der Waals surface area contributed by atoms with Crippen molar-refractivity contribution in [3.63, 3.8) is 0 Å². The monoisotopic (exact) mass is 233 g/mol. The third-order valence-electron chi connectivity index (χ3n) is 3.85. The van der Waals surface area contributed by atoms with Crippen molar-refractivity contribution in [2.45, 2.75) is 37.6 Å². The van der Waals surface area contributed by atoms with Crippen LogP contribution in [-0.2, 0) is 5.54 Å². The number of rotatable bonds is 1. The lowest BCUT2D eigenvalue weighted by Gasteiger charge is -2.34. The van der Waals surface area contributed by atoms with E-state index in [1.165, 1.54) is 12.7 Å². The second-order valence-electron chi connectivity index (χ2n) is 4.98. The number of nitrogens with two attached hydrogens (primary N) is 1. The summed E-state index contributed by atoms with van der Waals surface area (Å²) in [5.74, 6) is -0.208. The summed E-state index contributed by atoms with van der Waals surface area (Å²) in [6, 6.07) is 5.27. The number of hydrogen-bond donors (Lipinski definition) is 1. The lowest BCUT2D eigenvalue weighted by atomic mass is 9.77. The normalized spacial score (nSPS) is 19.6. The van der Waals surface area contributed by atoms with Crippen molar-refractivity contribution < 1.29 is 8.81 Å². The van der Waals surface area contributed by atoms with Crippen LogP contribution in [-0.4, -0.2) is 0 Å². The second kappa shape index (κ2) is 3.84. The van der Waals surface area contributed by atoms with E-state index in [0.29, 0.717) is 16.5 Å². The molecule has 1 aromatic heterocycles. The minimum absolute atomic E-state index is 0.208. The van der Waals surface area contributed by atoms with Gasteiger partial charge in [0.05, 0.1) is 11.6 Å². The number of hydrogen-bond acceptors (Lipinski definition) is 2. The molecule has 0 aliphatic heterocycles. The molecule has 0 spiro atoms. The average Bonchev–Trinajstić information content (AvgIpc) is 2.79. The number of benzene rings is 1. The van der Waals surface area contributed by atoms with E-state index in [4.69, 9.17) is 10.2 Å². The maximum atomic E-state index is 14.4. The van der Waals surface area contributed by atoms with Gasteiger partial charge in [0.2, 0.25) is 0 Å². The average molecular weight is 233 g/mol. The van der Waals surface area contributed by atoms with Gasteiger partial charge >= 0.3 is 0 Å². The molecule has 1 heterocycles. The molecule has 0 unspecified atom stereocenters. The Morgan fingerprint density at radius 3 is 2.65 bits per heavy atom. The van der Waals surface area contributed by atoms with E-state index < -0.39 is 5.54 Å². The Morgan fingerprint density at radius 2 is 1.88 bits per heavy atom. The smallest absolute Gasteiger partial charge is 0.139 e. The molecule has 1 aliphatic carbocycles. The van der Waals surface area contributed by atoms with Crippen LogP contribution in [0.15, 0.2) is 28.9 Å². The van der Waals surface area contributed by atoms with Gasteiger partial charge in [-0.05, 0) is 25.0 Å². The SMILES string of the molecule is NC1(c2ccc3occc3c2F)CCCCC1. The Labute approximate surface area is 99.6 Å². The molecule has 1 aliphatic rings. The molecule has 0 atom stereocenters. The fourth-order valence-electron chi connectivity index (χ4n) is 2.85. The molecule has 1 aromatic carbocycles. The van der Waals surface area contributed by atoms with Gasteiger partial charge in [0, 0.05) is 11.1 Å². The Bertz CT molecular complexity index is 540. The molecule has 2 N–H and O–H groups in total. The largest absolute Gasteiger partial charge is 0.464 e. The topological polar surface area (TPSA) is 39.2 Å². The van der Waals surface area contributed by atoms with E-state index >= 15 is 0 Å².